The number of hydrogen-bond acceptors (Lipinski definition) is 2. The molecule has 11 heavy (non-hydrogen) atoms. The maximum absolute atomic E-state index is 10.7. The summed E-state index contributed by atoms with van der Waals surface area (Å²) in [6, 6.07) is 0. The molecule has 1 saturated heterocycles. The molecule has 0 aromatic heterocycles. The van der Waals surface area contributed by atoms with Gasteiger partial charge in [0.25, 0.3) is 0 Å². The maximum Gasteiger partial charge on any atom is 0.306 e. The van der Waals surface area contributed by atoms with E-state index in [9.17, 15) is 4.79 Å². The van der Waals surface area contributed by atoms with E-state index in [4.69, 9.17) is 9.84 Å². The van der Waals surface area contributed by atoms with Gasteiger partial charge in [0.2, 0.25) is 0 Å². The second-order valence-corrected chi connectivity index (χ2v) is 3.91. The molecule has 2 saturated carbocycles. The van der Waals surface area contributed by atoms with Crippen LogP contribution >= 0.6 is 0 Å². The van der Waals surface area contributed by atoms with Gasteiger partial charge in [-0.3, -0.25) is 4.79 Å². The average molecular weight is 154 g/mol. The number of epoxide rings is 1. The Hall–Kier alpha value is -0.570. The minimum Gasteiger partial charge on any atom is -0.481 e. The number of carboxylic acids is 1. The molecule has 0 aromatic carbocycles. The van der Waals surface area contributed by atoms with Crippen LogP contribution < -0.4 is 0 Å². The molecule has 5 atom stereocenters. The molecule has 0 aromatic rings. The topological polar surface area (TPSA) is 49.8 Å². The van der Waals surface area contributed by atoms with Crippen molar-refractivity contribution < 1.29 is 14.6 Å². The summed E-state index contributed by atoms with van der Waals surface area (Å²) >= 11 is 0. The van der Waals surface area contributed by atoms with E-state index in [-0.39, 0.29) is 5.92 Å². The zero-order chi connectivity index (χ0) is 7.59. The van der Waals surface area contributed by atoms with Crippen molar-refractivity contribution in [1.29, 1.82) is 0 Å². The Morgan fingerprint density at radius 2 is 2.18 bits per heavy atom. The van der Waals surface area contributed by atoms with Crippen molar-refractivity contribution in [2.75, 3.05) is 0 Å². The van der Waals surface area contributed by atoms with E-state index >= 15 is 0 Å². The second kappa shape index (κ2) is 1.61. The van der Waals surface area contributed by atoms with Gasteiger partial charge in [0, 0.05) is 5.92 Å². The van der Waals surface area contributed by atoms with Crippen LogP contribution in [0.15, 0.2) is 0 Å². The molecule has 3 nitrogen and oxygen atoms in total. The van der Waals surface area contributed by atoms with Gasteiger partial charge in [-0.1, -0.05) is 0 Å². The van der Waals surface area contributed by atoms with Crippen LogP contribution in [0.4, 0.5) is 0 Å². The van der Waals surface area contributed by atoms with Gasteiger partial charge in [-0.25, -0.2) is 0 Å². The number of hydrogen-bond donors (Lipinski definition) is 1. The molecule has 3 aliphatic rings. The number of rotatable bonds is 1. The van der Waals surface area contributed by atoms with Crippen LogP contribution in [0.3, 0.4) is 0 Å². The van der Waals surface area contributed by atoms with Crippen LogP contribution in [-0.4, -0.2) is 23.3 Å². The van der Waals surface area contributed by atoms with Gasteiger partial charge < -0.3 is 9.84 Å². The molecule has 0 unspecified atom stereocenters. The Labute approximate surface area is 64.3 Å². The van der Waals surface area contributed by atoms with E-state index in [2.05, 4.69) is 0 Å². The Kier molecular flexibility index (Phi) is 0.876. The molecule has 3 fully saturated rings. The molecule has 3 rings (SSSR count). The first-order valence-corrected chi connectivity index (χ1v) is 4.15. The largest absolute Gasteiger partial charge is 0.481 e. The molecule has 0 amide bonds. The lowest BCUT2D eigenvalue weighted by Crippen LogP contribution is -2.24. The fraction of sp³-hybridized carbons (Fsp3) is 0.875. The fourth-order valence-electron chi connectivity index (χ4n) is 2.89. The lowest BCUT2D eigenvalue weighted by atomic mass is 9.89. The smallest absolute Gasteiger partial charge is 0.306 e. The van der Waals surface area contributed by atoms with Gasteiger partial charge in [0.1, 0.15) is 0 Å². The van der Waals surface area contributed by atoms with Crippen LogP contribution in [0.2, 0.25) is 0 Å². The highest BCUT2D eigenvalue weighted by atomic mass is 16.6. The minimum absolute atomic E-state index is 0.0938. The van der Waals surface area contributed by atoms with E-state index in [1.54, 1.807) is 0 Å². The molecule has 1 aliphatic heterocycles. The summed E-state index contributed by atoms with van der Waals surface area (Å²) < 4.78 is 5.36. The van der Waals surface area contributed by atoms with E-state index in [0.717, 1.165) is 12.8 Å². The predicted molar refractivity (Wildman–Crippen MR) is 36.0 cm³/mol. The van der Waals surface area contributed by atoms with E-state index in [0.29, 0.717) is 24.0 Å². The van der Waals surface area contributed by atoms with Crippen LogP contribution in [0.5, 0.6) is 0 Å². The zero-order valence-corrected chi connectivity index (χ0v) is 6.06. The highest BCUT2D eigenvalue weighted by Crippen LogP contribution is 2.58. The summed E-state index contributed by atoms with van der Waals surface area (Å²) in [4.78, 5) is 10.7. The number of ether oxygens (including phenoxy) is 1. The number of fused-ring (bicyclic) bond motifs is 5. The molecule has 1 N–H and O–H groups in total. The van der Waals surface area contributed by atoms with Gasteiger partial charge in [0.05, 0.1) is 18.1 Å². The van der Waals surface area contributed by atoms with Gasteiger partial charge >= 0.3 is 5.97 Å². The molecular formula is C8H10O3. The lowest BCUT2D eigenvalue weighted by Gasteiger charge is -2.13. The summed E-state index contributed by atoms with van der Waals surface area (Å²) in [6.07, 6.45) is 2.75. The minimum atomic E-state index is -0.619. The Bertz CT molecular complexity index is 225. The van der Waals surface area contributed by atoms with Crippen molar-refractivity contribution in [2.45, 2.75) is 25.0 Å². The second-order valence-electron chi connectivity index (χ2n) is 3.91. The summed E-state index contributed by atoms with van der Waals surface area (Å²) in [5, 5.41) is 8.82. The Balaban J connectivity index is 1.87. The van der Waals surface area contributed by atoms with Gasteiger partial charge in [-0.15, -0.1) is 0 Å². The fourth-order valence-corrected chi connectivity index (χ4v) is 2.89. The molecule has 3 heteroatoms. The van der Waals surface area contributed by atoms with Gasteiger partial charge in [0.15, 0.2) is 0 Å². The van der Waals surface area contributed by atoms with Crippen molar-refractivity contribution in [3.8, 4) is 0 Å². The normalized spacial score (nSPS) is 57.6. The van der Waals surface area contributed by atoms with Crippen molar-refractivity contribution in [3.63, 3.8) is 0 Å². The molecule has 60 valence electrons. The third-order valence-corrected chi connectivity index (χ3v) is 3.41. The SMILES string of the molecule is O=C(O)[C@H]1C[C@H]2C[C@@H]1[C@@H]1O[C@H]21. The van der Waals surface area contributed by atoms with Crippen LogP contribution in [0, 0.1) is 17.8 Å². The lowest BCUT2D eigenvalue weighted by molar-refractivity contribution is -0.143. The number of carboxylic acid groups (broad SMARTS) is 1. The highest BCUT2D eigenvalue weighted by molar-refractivity contribution is 5.71. The van der Waals surface area contributed by atoms with Crippen molar-refractivity contribution in [2.24, 2.45) is 17.8 Å². The molecular weight excluding hydrogens is 144 g/mol. The quantitative estimate of drug-likeness (QED) is 0.559. The molecule has 1 heterocycles. The van der Waals surface area contributed by atoms with Crippen molar-refractivity contribution in [3.05, 3.63) is 0 Å². The van der Waals surface area contributed by atoms with Crippen LogP contribution in [0.25, 0.3) is 0 Å². The van der Waals surface area contributed by atoms with E-state index < -0.39 is 5.97 Å². The van der Waals surface area contributed by atoms with Crippen LogP contribution in [-0.2, 0) is 9.53 Å². The Morgan fingerprint density at radius 3 is 2.73 bits per heavy atom. The van der Waals surface area contributed by atoms with E-state index in [1.165, 1.54) is 0 Å². The maximum atomic E-state index is 10.7. The van der Waals surface area contributed by atoms with Gasteiger partial charge in [-0.05, 0) is 18.8 Å². The number of carbonyl (C=O) groups is 1. The summed E-state index contributed by atoms with van der Waals surface area (Å²) in [6.45, 7) is 0. The van der Waals surface area contributed by atoms with Crippen molar-refractivity contribution >= 4 is 5.97 Å². The first-order valence-electron chi connectivity index (χ1n) is 4.15. The Morgan fingerprint density at radius 1 is 1.36 bits per heavy atom. The molecule has 0 radical (unpaired) electrons. The van der Waals surface area contributed by atoms with Crippen LogP contribution in [0.1, 0.15) is 12.8 Å². The third-order valence-electron chi connectivity index (χ3n) is 3.41. The highest BCUT2D eigenvalue weighted by Gasteiger charge is 2.64. The average Bonchev–Trinajstić information content (AvgIpc) is 2.57. The van der Waals surface area contributed by atoms with Crippen molar-refractivity contribution in [1.82, 2.24) is 0 Å². The molecule has 2 bridgehead atoms. The third kappa shape index (κ3) is 0.601. The summed E-state index contributed by atoms with van der Waals surface area (Å²) in [7, 11) is 0. The summed E-state index contributed by atoms with van der Waals surface area (Å²) in [5.74, 6) is 0.212. The standard InChI is InChI=1S/C8H10O3/c9-8(10)5-2-3-1-4(5)7-6(3)11-7/h3-7H,1-2H2,(H,9,10)/t3-,4+,5+,6-,7+/m1/s1. The monoisotopic (exact) mass is 154 g/mol. The van der Waals surface area contributed by atoms with Gasteiger partial charge in [-0.2, -0.15) is 0 Å². The first kappa shape index (κ1) is 6.00. The molecule has 0 spiro atoms. The zero-order valence-electron chi connectivity index (χ0n) is 6.06. The first-order chi connectivity index (χ1) is 5.27. The molecule has 2 aliphatic carbocycles. The van der Waals surface area contributed by atoms with E-state index in [1.807, 2.05) is 0 Å². The predicted octanol–water partition coefficient (Wildman–Crippen LogP) is 0.494. The summed E-state index contributed by atoms with van der Waals surface area (Å²) in [5.41, 5.74) is 0. The number of aliphatic carboxylic acids is 1.